The van der Waals surface area contributed by atoms with Crippen molar-refractivity contribution in [2.75, 3.05) is 4.90 Å². The van der Waals surface area contributed by atoms with Crippen LogP contribution in [0.1, 0.15) is 39.8 Å². The fourth-order valence-electron chi connectivity index (χ4n) is 5.83. The SMILES string of the molecule is Cc1ccc2nc(-c3ccc(N4C(=O)CC(N(Cc5ccccc5)S(=O)(=O)c5c(C)c(C)cc(C)c5C)C4=O)cc3)sc2c1. The Labute approximate surface area is 261 Å². The number of nitrogens with zero attached hydrogens (tertiary/aromatic N) is 3. The molecular weight excluding hydrogens is 591 g/mol. The van der Waals surface area contributed by atoms with Gasteiger partial charge < -0.3 is 0 Å². The van der Waals surface area contributed by atoms with Gasteiger partial charge in [0.05, 0.1) is 27.2 Å². The maximum atomic E-state index is 14.5. The number of imide groups is 1. The van der Waals surface area contributed by atoms with Gasteiger partial charge in [0.25, 0.3) is 5.91 Å². The molecule has 2 heterocycles. The Morgan fingerprint density at radius 1 is 0.864 bits per heavy atom. The number of hydrogen-bond acceptors (Lipinski definition) is 6. The van der Waals surface area contributed by atoms with Crippen molar-refractivity contribution in [1.82, 2.24) is 9.29 Å². The standard InChI is InChI=1S/C35H33N3O4S2/c1-21-11-16-29-31(17-21)43-34(36-29)27-12-14-28(15-13-27)38-32(39)19-30(35(38)40)37(20-26-9-7-6-8-10-26)44(41,42)33-24(4)22(2)18-23(3)25(33)5/h6-18,30H,19-20H2,1-5H3. The van der Waals surface area contributed by atoms with Gasteiger partial charge in [-0.15, -0.1) is 11.3 Å². The first-order valence-corrected chi connectivity index (χ1v) is 16.7. The van der Waals surface area contributed by atoms with Crippen molar-refractivity contribution in [2.24, 2.45) is 0 Å². The van der Waals surface area contributed by atoms with E-state index >= 15 is 0 Å². The molecule has 0 saturated carbocycles. The van der Waals surface area contributed by atoms with E-state index in [1.807, 2.05) is 81.4 Å². The first-order valence-electron chi connectivity index (χ1n) is 14.4. The van der Waals surface area contributed by atoms with Crippen LogP contribution in [0.3, 0.4) is 0 Å². The van der Waals surface area contributed by atoms with E-state index in [-0.39, 0.29) is 17.9 Å². The molecule has 0 aliphatic carbocycles. The molecule has 1 atom stereocenters. The predicted molar refractivity (Wildman–Crippen MR) is 175 cm³/mol. The van der Waals surface area contributed by atoms with Crippen LogP contribution in [0.4, 0.5) is 5.69 Å². The van der Waals surface area contributed by atoms with Gasteiger partial charge in [-0.2, -0.15) is 4.31 Å². The number of rotatable bonds is 7. The van der Waals surface area contributed by atoms with E-state index in [1.54, 1.807) is 37.3 Å². The van der Waals surface area contributed by atoms with Crippen LogP contribution in [0.5, 0.6) is 0 Å². The second-order valence-corrected chi connectivity index (χ2v) is 14.3. The molecule has 1 aliphatic rings. The Balaban J connectivity index is 1.36. The summed E-state index contributed by atoms with van der Waals surface area (Å²) < 4.78 is 31.3. The normalized spacial score (nSPS) is 15.6. The molecule has 1 aromatic heterocycles. The second-order valence-electron chi connectivity index (χ2n) is 11.4. The molecule has 0 N–H and O–H groups in total. The smallest absolute Gasteiger partial charge is 0.252 e. The Morgan fingerprint density at radius 2 is 1.52 bits per heavy atom. The maximum Gasteiger partial charge on any atom is 0.252 e. The average molecular weight is 624 g/mol. The van der Waals surface area contributed by atoms with Gasteiger partial charge in [0.1, 0.15) is 11.0 Å². The molecule has 6 rings (SSSR count). The Morgan fingerprint density at radius 3 is 2.18 bits per heavy atom. The minimum absolute atomic E-state index is 0.0391. The third kappa shape index (κ3) is 5.25. The topological polar surface area (TPSA) is 87.7 Å². The molecule has 9 heteroatoms. The number of thiazole rings is 1. The third-order valence-electron chi connectivity index (χ3n) is 8.43. The number of anilines is 1. The van der Waals surface area contributed by atoms with Crippen molar-refractivity contribution in [3.63, 3.8) is 0 Å². The highest BCUT2D eigenvalue weighted by atomic mass is 32.2. The molecule has 7 nitrogen and oxygen atoms in total. The van der Waals surface area contributed by atoms with Crippen LogP contribution in [-0.4, -0.2) is 35.6 Å². The van der Waals surface area contributed by atoms with Crippen molar-refractivity contribution in [1.29, 1.82) is 0 Å². The highest BCUT2D eigenvalue weighted by molar-refractivity contribution is 7.89. The first-order chi connectivity index (χ1) is 21.0. The van der Waals surface area contributed by atoms with E-state index in [9.17, 15) is 18.0 Å². The van der Waals surface area contributed by atoms with Crippen LogP contribution in [0.15, 0.2) is 83.8 Å². The van der Waals surface area contributed by atoms with E-state index in [0.717, 1.165) is 47.9 Å². The zero-order valence-electron chi connectivity index (χ0n) is 25.3. The van der Waals surface area contributed by atoms with Gasteiger partial charge >= 0.3 is 0 Å². The molecule has 2 amide bonds. The number of fused-ring (bicyclic) bond motifs is 1. The second kappa shape index (κ2) is 11.4. The van der Waals surface area contributed by atoms with Crippen LogP contribution in [0.25, 0.3) is 20.8 Å². The highest BCUT2D eigenvalue weighted by Crippen LogP contribution is 2.36. The number of hydrogen-bond donors (Lipinski definition) is 0. The van der Waals surface area contributed by atoms with Crippen molar-refractivity contribution in [2.45, 2.75) is 58.5 Å². The fraction of sp³-hybridized carbons (Fsp3) is 0.229. The molecule has 4 aromatic carbocycles. The Bertz CT molecular complexity index is 2010. The zero-order chi connectivity index (χ0) is 31.3. The quantitative estimate of drug-likeness (QED) is 0.182. The lowest BCUT2D eigenvalue weighted by atomic mass is 10.0. The molecule has 0 radical (unpaired) electrons. The van der Waals surface area contributed by atoms with Crippen molar-refractivity contribution in [3.8, 4) is 10.6 Å². The van der Waals surface area contributed by atoms with Gasteiger partial charge in [0, 0.05) is 12.1 Å². The van der Waals surface area contributed by atoms with Crippen LogP contribution in [0, 0.1) is 34.6 Å². The number of aromatic nitrogens is 1. The molecule has 1 aliphatic heterocycles. The number of carbonyl (C=O) groups is 2. The molecule has 1 unspecified atom stereocenters. The number of carbonyl (C=O) groups excluding carboxylic acids is 2. The first kappa shape index (κ1) is 29.9. The Hall–Kier alpha value is -4.18. The number of amides is 2. The number of aryl methyl sites for hydroxylation is 3. The van der Waals surface area contributed by atoms with Crippen LogP contribution in [-0.2, 0) is 26.2 Å². The number of benzene rings is 4. The molecule has 224 valence electrons. The predicted octanol–water partition coefficient (Wildman–Crippen LogP) is 7.03. The molecular formula is C35H33N3O4S2. The lowest BCUT2D eigenvalue weighted by molar-refractivity contribution is -0.122. The van der Waals surface area contributed by atoms with Gasteiger partial charge in [-0.3, -0.25) is 9.59 Å². The van der Waals surface area contributed by atoms with E-state index in [1.165, 1.54) is 4.31 Å². The molecule has 0 bridgehead atoms. The van der Waals surface area contributed by atoms with Gasteiger partial charge in [-0.1, -0.05) is 42.5 Å². The summed E-state index contributed by atoms with van der Waals surface area (Å²) in [5.41, 5.74) is 7.06. The summed E-state index contributed by atoms with van der Waals surface area (Å²) in [5.74, 6) is -0.997. The minimum Gasteiger partial charge on any atom is -0.274 e. The summed E-state index contributed by atoms with van der Waals surface area (Å²) in [6.45, 7) is 9.35. The van der Waals surface area contributed by atoms with Gasteiger partial charge in [-0.05, 0) is 104 Å². The molecule has 1 fully saturated rings. The maximum absolute atomic E-state index is 14.5. The minimum atomic E-state index is -4.18. The van der Waals surface area contributed by atoms with Crippen molar-refractivity contribution >= 4 is 49.1 Å². The Kier molecular flexibility index (Phi) is 7.73. The molecule has 1 saturated heterocycles. The molecule has 44 heavy (non-hydrogen) atoms. The molecule has 0 spiro atoms. The monoisotopic (exact) mass is 623 g/mol. The van der Waals surface area contributed by atoms with E-state index < -0.39 is 27.9 Å². The van der Waals surface area contributed by atoms with Crippen molar-refractivity contribution < 1.29 is 18.0 Å². The van der Waals surface area contributed by atoms with Gasteiger partial charge in [-0.25, -0.2) is 18.3 Å². The summed E-state index contributed by atoms with van der Waals surface area (Å²) in [5, 5.41) is 0.841. The lowest BCUT2D eigenvalue weighted by Crippen LogP contribution is -2.45. The summed E-state index contributed by atoms with van der Waals surface area (Å²) in [7, 11) is -4.18. The lowest BCUT2D eigenvalue weighted by Gasteiger charge is -2.29. The third-order valence-corrected chi connectivity index (χ3v) is 11.6. The van der Waals surface area contributed by atoms with Gasteiger partial charge in [0.15, 0.2) is 0 Å². The summed E-state index contributed by atoms with van der Waals surface area (Å²) in [4.78, 5) is 33.5. The van der Waals surface area contributed by atoms with E-state index in [2.05, 4.69) is 6.07 Å². The average Bonchev–Trinajstić information content (AvgIpc) is 3.54. The van der Waals surface area contributed by atoms with Crippen LogP contribution < -0.4 is 4.90 Å². The van der Waals surface area contributed by atoms with Crippen LogP contribution >= 0.6 is 11.3 Å². The largest absolute Gasteiger partial charge is 0.274 e. The summed E-state index contributed by atoms with van der Waals surface area (Å²) in [6.07, 6.45) is -0.243. The van der Waals surface area contributed by atoms with E-state index in [0.29, 0.717) is 16.8 Å². The molecule has 5 aromatic rings. The zero-order valence-corrected chi connectivity index (χ0v) is 26.9. The number of sulfonamides is 1. The summed E-state index contributed by atoms with van der Waals surface area (Å²) in [6, 6.07) is 23.2. The van der Waals surface area contributed by atoms with E-state index in [4.69, 9.17) is 4.98 Å². The van der Waals surface area contributed by atoms with Crippen molar-refractivity contribution in [3.05, 3.63) is 112 Å². The fourth-order valence-corrected chi connectivity index (χ4v) is 9.05. The summed E-state index contributed by atoms with van der Waals surface area (Å²) >= 11 is 1.58. The van der Waals surface area contributed by atoms with Gasteiger partial charge in [0.2, 0.25) is 15.9 Å². The highest BCUT2D eigenvalue weighted by Gasteiger charge is 2.47. The van der Waals surface area contributed by atoms with Crippen LogP contribution in [0.2, 0.25) is 0 Å².